The van der Waals surface area contributed by atoms with Gasteiger partial charge in [0, 0.05) is 11.5 Å². The lowest BCUT2D eigenvalue weighted by molar-refractivity contribution is -0.128. The molecule has 0 amide bonds. The molecule has 0 radical (unpaired) electrons. The molecule has 0 bridgehead atoms. The van der Waals surface area contributed by atoms with Crippen LogP contribution in [-0.4, -0.2) is 25.3 Å². The van der Waals surface area contributed by atoms with Crippen LogP contribution in [0.1, 0.15) is 25.0 Å². The first-order valence-corrected chi connectivity index (χ1v) is 8.29. The number of carbonyl (C=O) groups excluding carboxylic acids is 1. The highest BCUT2D eigenvalue weighted by Gasteiger charge is 2.24. The van der Waals surface area contributed by atoms with Crippen molar-refractivity contribution in [1.29, 1.82) is 0 Å². The van der Waals surface area contributed by atoms with Crippen LogP contribution in [0, 0.1) is 0 Å². The summed E-state index contributed by atoms with van der Waals surface area (Å²) in [6.45, 7) is 9.11. The zero-order chi connectivity index (χ0) is 17.9. The van der Waals surface area contributed by atoms with E-state index in [0.717, 1.165) is 24.0 Å². The number of benzene rings is 2. The molecule has 0 aliphatic carbocycles. The summed E-state index contributed by atoms with van der Waals surface area (Å²) in [4.78, 5) is 11.3. The van der Waals surface area contributed by atoms with Crippen molar-refractivity contribution < 1.29 is 19.0 Å². The predicted molar refractivity (Wildman–Crippen MR) is 96.1 cm³/mol. The van der Waals surface area contributed by atoms with Gasteiger partial charge in [-0.05, 0) is 35.4 Å². The molecule has 130 valence electrons. The molecule has 1 atom stereocenters. The van der Waals surface area contributed by atoms with Crippen LogP contribution in [-0.2, 0) is 14.9 Å². The summed E-state index contributed by atoms with van der Waals surface area (Å²) < 4.78 is 16.0. The molecule has 4 nitrogen and oxygen atoms in total. The summed E-state index contributed by atoms with van der Waals surface area (Å²) in [6.07, 6.45) is 1.40. The van der Waals surface area contributed by atoms with E-state index in [2.05, 4.69) is 32.6 Å². The Morgan fingerprint density at radius 3 is 2.12 bits per heavy atom. The Balaban J connectivity index is 1.70. The van der Waals surface area contributed by atoms with E-state index in [-0.39, 0.29) is 11.5 Å². The summed E-state index contributed by atoms with van der Waals surface area (Å²) in [5.41, 5.74) is 2.13. The normalized spacial score (nSPS) is 16.2. The predicted octanol–water partition coefficient (Wildman–Crippen LogP) is 3.88. The van der Waals surface area contributed by atoms with Crippen molar-refractivity contribution in [1.82, 2.24) is 0 Å². The summed E-state index contributed by atoms with van der Waals surface area (Å²) in [5, 5.41) is 0. The SMILES string of the molecule is C=CC(=O)Oc1ccc(C(C)(C)c2ccc(OCC3CO3)cc2)cc1. The van der Waals surface area contributed by atoms with Crippen LogP contribution in [0.2, 0.25) is 0 Å². The monoisotopic (exact) mass is 338 g/mol. The number of epoxide rings is 1. The van der Waals surface area contributed by atoms with Crippen molar-refractivity contribution in [3.63, 3.8) is 0 Å². The van der Waals surface area contributed by atoms with Crippen molar-refractivity contribution >= 4 is 5.97 Å². The average molecular weight is 338 g/mol. The summed E-state index contributed by atoms with van der Waals surface area (Å²) in [5.74, 6) is 0.899. The molecule has 3 rings (SSSR count). The van der Waals surface area contributed by atoms with Gasteiger partial charge in [0.15, 0.2) is 0 Å². The topological polar surface area (TPSA) is 48.1 Å². The Morgan fingerprint density at radius 2 is 1.64 bits per heavy atom. The smallest absolute Gasteiger partial charge is 0.335 e. The lowest BCUT2D eigenvalue weighted by atomic mass is 9.78. The van der Waals surface area contributed by atoms with E-state index in [0.29, 0.717) is 12.4 Å². The second-order valence-electron chi connectivity index (χ2n) is 6.57. The number of esters is 1. The highest BCUT2D eigenvalue weighted by Crippen LogP contribution is 2.33. The minimum absolute atomic E-state index is 0.181. The second kappa shape index (κ2) is 7.11. The summed E-state index contributed by atoms with van der Waals surface area (Å²) in [7, 11) is 0. The zero-order valence-electron chi connectivity index (χ0n) is 14.5. The molecule has 1 unspecified atom stereocenters. The first-order valence-electron chi connectivity index (χ1n) is 8.29. The van der Waals surface area contributed by atoms with E-state index in [1.165, 1.54) is 5.56 Å². The minimum Gasteiger partial charge on any atom is -0.491 e. The number of hydrogen-bond acceptors (Lipinski definition) is 4. The Hall–Kier alpha value is -2.59. The van der Waals surface area contributed by atoms with Gasteiger partial charge in [-0.25, -0.2) is 4.79 Å². The van der Waals surface area contributed by atoms with Crippen LogP contribution in [0.3, 0.4) is 0 Å². The van der Waals surface area contributed by atoms with Gasteiger partial charge in [-0.2, -0.15) is 0 Å². The largest absolute Gasteiger partial charge is 0.491 e. The van der Waals surface area contributed by atoms with Gasteiger partial charge < -0.3 is 14.2 Å². The fourth-order valence-corrected chi connectivity index (χ4v) is 2.59. The number of rotatable bonds is 7. The molecular formula is C21H22O4. The third kappa shape index (κ3) is 4.28. The van der Waals surface area contributed by atoms with Crippen molar-refractivity contribution in [2.24, 2.45) is 0 Å². The molecule has 0 aromatic heterocycles. The van der Waals surface area contributed by atoms with Crippen LogP contribution in [0.15, 0.2) is 61.2 Å². The fourth-order valence-electron chi connectivity index (χ4n) is 2.59. The van der Waals surface area contributed by atoms with Crippen LogP contribution in [0.5, 0.6) is 11.5 Å². The van der Waals surface area contributed by atoms with Gasteiger partial charge in [0.2, 0.25) is 0 Å². The van der Waals surface area contributed by atoms with Crippen LogP contribution in [0.4, 0.5) is 0 Å². The number of hydrogen-bond donors (Lipinski definition) is 0. The molecular weight excluding hydrogens is 316 g/mol. The highest BCUT2D eigenvalue weighted by molar-refractivity contribution is 5.83. The maximum Gasteiger partial charge on any atom is 0.335 e. The molecule has 1 aliphatic rings. The molecule has 0 spiro atoms. The molecule has 4 heteroatoms. The first-order chi connectivity index (χ1) is 12.0. The third-order valence-corrected chi connectivity index (χ3v) is 4.38. The maximum absolute atomic E-state index is 11.3. The van der Waals surface area contributed by atoms with E-state index in [4.69, 9.17) is 14.2 Å². The van der Waals surface area contributed by atoms with E-state index in [1.807, 2.05) is 24.3 Å². The molecule has 2 aromatic carbocycles. The van der Waals surface area contributed by atoms with Crippen LogP contribution < -0.4 is 9.47 Å². The quantitative estimate of drug-likeness (QED) is 0.333. The minimum atomic E-state index is -0.459. The van der Waals surface area contributed by atoms with Crippen molar-refractivity contribution in [2.45, 2.75) is 25.4 Å². The molecule has 1 heterocycles. The van der Waals surface area contributed by atoms with Gasteiger partial charge in [-0.15, -0.1) is 0 Å². The first kappa shape index (κ1) is 17.2. The van der Waals surface area contributed by atoms with Crippen molar-refractivity contribution in [3.05, 3.63) is 72.3 Å². The fraction of sp³-hybridized carbons (Fsp3) is 0.286. The Morgan fingerprint density at radius 1 is 1.12 bits per heavy atom. The maximum atomic E-state index is 11.3. The van der Waals surface area contributed by atoms with E-state index < -0.39 is 5.97 Å². The molecule has 1 aliphatic heterocycles. The third-order valence-electron chi connectivity index (χ3n) is 4.38. The highest BCUT2D eigenvalue weighted by atomic mass is 16.6. The molecule has 2 aromatic rings. The Kier molecular flexibility index (Phi) is 4.91. The van der Waals surface area contributed by atoms with Gasteiger partial charge in [0.25, 0.3) is 0 Å². The van der Waals surface area contributed by atoms with Crippen molar-refractivity contribution in [2.75, 3.05) is 13.2 Å². The summed E-state index contributed by atoms with van der Waals surface area (Å²) in [6, 6.07) is 15.7. The van der Waals surface area contributed by atoms with Gasteiger partial charge in [0.1, 0.15) is 24.2 Å². The lowest BCUT2D eigenvalue weighted by Gasteiger charge is -2.26. The van der Waals surface area contributed by atoms with Gasteiger partial charge >= 0.3 is 5.97 Å². The molecule has 0 saturated carbocycles. The van der Waals surface area contributed by atoms with Crippen LogP contribution in [0.25, 0.3) is 0 Å². The molecule has 1 fully saturated rings. The van der Waals surface area contributed by atoms with E-state index in [1.54, 1.807) is 12.1 Å². The van der Waals surface area contributed by atoms with Crippen molar-refractivity contribution in [3.8, 4) is 11.5 Å². The summed E-state index contributed by atoms with van der Waals surface area (Å²) >= 11 is 0. The molecule has 25 heavy (non-hydrogen) atoms. The van der Waals surface area contributed by atoms with Gasteiger partial charge in [-0.1, -0.05) is 44.7 Å². The molecule has 1 saturated heterocycles. The number of ether oxygens (including phenoxy) is 3. The average Bonchev–Trinajstić information content (AvgIpc) is 3.45. The Bertz CT molecular complexity index is 740. The van der Waals surface area contributed by atoms with Gasteiger partial charge in [0.05, 0.1) is 6.61 Å². The van der Waals surface area contributed by atoms with E-state index in [9.17, 15) is 4.79 Å². The standard InChI is InChI=1S/C21H22O4/c1-4-20(22)25-18-11-7-16(8-12-18)21(2,3)15-5-9-17(10-6-15)23-13-19-14-24-19/h4-12,19H,1,13-14H2,2-3H3. The zero-order valence-corrected chi connectivity index (χ0v) is 14.5. The van der Waals surface area contributed by atoms with E-state index >= 15 is 0 Å². The molecule has 0 N–H and O–H groups in total. The number of carbonyl (C=O) groups is 1. The van der Waals surface area contributed by atoms with Gasteiger partial charge in [-0.3, -0.25) is 0 Å². The lowest BCUT2D eigenvalue weighted by Crippen LogP contribution is -2.18. The second-order valence-corrected chi connectivity index (χ2v) is 6.57. The van der Waals surface area contributed by atoms with Crippen LogP contribution >= 0.6 is 0 Å². The Labute approximate surface area is 148 Å².